The number of thiophene rings is 1. The van der Waals surface area contributed by atoms with E-state index in [1.165, 1.54) is 16.5 Å². The quantitative estimate of drug-likeness (QED) is 0.531. The van der Waals surface area contributed by atoms with Crippen molar-refractivity contribution in [1.29, 1.82) is 0 Å². The molecule has 35 heavy (non-hydrogen) atoms. The molecule has 3 heterocycles. The first-order valence-electron chi connectivity index (χ1n) is 12.7. The van der Waals surface area contributed by atoms with Gasteiger partial charge in [-0.25, -0.2) is 9.37 Å². The zero-order valence-electron chi connectivity index (χ0n) is 20.4. The van der Waals surface area contributed by atoms with E-state index in [1.54, 1.807) is 23.5 Å². The summed E-state index contributed by atoms with van der Waals surface area (Å²) in [7, 11) is 0. The standard InChI is InChI=1S/C27H33FN4O2S/c1-16-7-8-20-22(15-16)35-27-23(20)26(34)30-24(31-27)17(2)32-13-10-19(11-14-32)25(33)29-12-9-18-5-3-4-6-21(18)28/h3-6,16-17,19H,7-15H2,1-2H3,(H,29,33)(H,30,31,34). The number of amides is 1. The minimum atomic E-state index is -0.230. The van der Waals surface area contributed by atoms with Crippen molar-refractivity contribution in [3.8, 4) is 0 Å². The van der Waals surface area contributed by atoms with Crippen LogP contribution in [-0.2, 0) is 24.1 Å². The average molecular weight is 497 g/mol. The van der Waals surface area contributed by atoms with Crippen molar-refractivity contribution in [2.75, 3.05) is 19.6 Å². The molecular weight excluding hydrogens is 463 g/mol. The Morgan fingerprint density at radius 3 is 2.83 bits per heavy atom. The van der Waals surface area contributed by atoms with Crippen LogP contribution in [0.15, 0.2) is 29.1 Å². The summed E-state index contributed by atoms with van der Waals surface area (Å²) in [4.78, 5) is 38.1. The summed E-state index contributed by atoms with van der Waals surface area (Å²) in [6.45, 7) is 6.32. The molecule has 2 N–H and O–H groups in total. The van der Waals surface area contributed by atoms with Crippen molar-refractivity contribution >= 4 is 27.5 Å². The number of rotatable bonds is 6. The van der Waals surface area contributed by atoms with Crippen molar-refractivity contribution in [1.82, 2.24) is 20.2 Å². The van der Waals surface area contributed by atoms with Gasteiger partial charge in [-0.15, -0.1) is 11.3 Å². The highest BCUT2D eigenvalue weighted by atomic mass is 32.1. The van der Waals surface area contributed by atoms with Crippen molar-refractivity contribution in [3.63, 3.8) is 0 Å². The molecule has 1 fully saturated rings. The maximum Gasteiger partial charge on any atom is 0.259 e. The predicted octanol–water partition coefficient (Wildman–Crippen LogP) is 4.38. The van der Waals surface area contributed by atoms with Crippen LogP contribution in [0.25, 0.3) is 10.2 Å². The Morgan fingerprint density at radius 2 is 2.06 bits per heavy atom. The molecule has 0 spiro atoms. The number of hydrogen-bond acceptors (Lipinski definition) is 5. The fraction of sp³-hybridized carbons (Fsp3) is 0.519. The van der Waals surface area contributed by atoms with Gasteiger partial charge in [0.2, 0.25) is 5.91 Å². The largest absolute Gasteiger partial charge is 0.356 e. The zero-order chi connectivity index (χ0) is 24.5. The first kappa shape index (κ1) is 24.1. The van der Waals surface area contributed by atoms with Crippen LogP contribution in [-0.4, -0.2) is 40.4 Å². The Morgan fingerprint density at radius 1 is 1.29 bits per heavy atom. The number of likely N-dealkylation sites (tertiary alicyclic amines) is 1. The van der Waals surface area contributed by atoms with E-state index in [0.29, 0.717) is 30.3 Å². The molecule has 1 amide bonds. The molecule has 5 rings (SSSR count). The highest BCUT2D eigenvalue weighted by Crippen LogP contribution is 2.36. The second-order valence-electron chi connectivity index (χ2n) is 10.1. The first-order valence-corrected chi connectivity index (χ1v) is 13.5. The van der Waals surface area contributed by atoms with Gasteiger partial charge in [-0.05, 0) is 81.6 Å². The number of halogens is 1. The van der Waals surface area contributed by atoms with E-state index < -0.39 is 0 Å². The van der Waals surface area contributed by atoms with E-state index in [1.807, 2.05) is 6.07 Å². The number of piperidine rings is 1. The zero-order valence-corrected chi connectivity index (χ0v) is 21.2. The molecule has 2 aliphatic rings. The summed E-state index contributed by atoms with van der Waals surface area (Å²) >= 11 is 1.68. The second-order valence-corrected chi connectivity index (χ2v) is 11.2. The third-order valence-corrected chi connectivity index (χ3v) is 8.83. The monoisotopic (exact) mass is 496 g/mol. The second kappa shape index (κ2) is 10.2. The third kappa shape index (κ3) is 5.05. The molecule has 1 saturated heterocycles. The Bertz CT molecular complexity index is 1280. The molecule has 1 aliphatic heterocycles. The van der Waals surface area contributed by atoms with Crippen LogP contribution >= 0.6 is 11.3 Å². The number of fused-ring (bicyclic) bond motifs is 3. The molecule has 2 unspecified atom stereocenters. The lowest BCUT2D eigenvalue weighted by Gasteiger charge is -2.35. The number of hydrogen-bond donors (Lipinski definition) is 2. The number of H-pyrrole nitrogens is 1. The molecule has 1 aromatic carbocycles. The lowest BCUT2D eigenvalue weighted by molar-refractivity contribution is -0.126. The molecule has 2 aromatic heterocycles. The van der Waals surface area contributed by atoms with E-state index in [-0.39, 0.29) is 29.2 Å². The highest BCUT2D eigenvalue weighted by Gasteiger charge is 2.29. The van der Waals surface area contributed by atoms with Gasteiger partial charge in [-0.3, -0.25) is 14.5 Å². The van der Waals surface area contributed by atoms with Crippen LogP contribution in [0.2, 0.25) is 0 Å². The van der Waals surface area contributed by atoms with Crippen LogP contribution < -0.4 is 10.9 Å². The summed E-state index contributed by atoms with van der Waals surface area (Å²) < 4.78 is 13.8. The molecule has 0 saturated carbocycles. The Kier molecular flexibility index (Phi) is 7.02. The Labute approximate surface area is 209 Å². The number of nitrogens with zero attached hydrogens (tertiary/aromatic N) is 2. The molecule has 0 radical (unpaired) electrons. The van der Waals surface area contributed by atoms with E-state index in [2.05, 4.69) is 29.0 Å². The summed E-state index contributed by atoms with van der Waals surface area (Å²) in [5.74, 6) is 1.14. The third-order valence-electron chi connectivity index (χ3n) is 7.68. The number of carbonyl (C=O) groups excluding carboxylic acids is 1. The highest BCUT2D eigenvalue weighted by molar-refractivity contribution is 7.18. The lowest BCUT2D eigenvalue weighted by Crippen LogP contribution is -2.42. The average Bonchev–Trinajstić information content (AvgIpc) is 3.22. The van der Waals surface area contributed by atoms with E-state index in [9.17, 15) is 14.0 Å². The maximum absolute atomic E-state index is 13.8. The van der Waals surface area contributed by atoms with Crippen LogP contribution in [0, 0.1) is 17.7 Å². The van der Waals surface area contributed by atoms with Gasteiger partial charge in [0.25, 0.3) is 5.56 Å². The van der Waals surface area contributed by atoms with Crippen LogP contribution in [0.5, 0.6) is 0 Å². The fourth-order valence-corrected chi connectivity index (χ4v) is 6.84. The molecule has 1 aliphatic carbocycles. The molecule has 6 nitrogen and oxygen atoms in total. The smallest absolute Gasteiger partial charge is 0.259 e. The van der Waals surface area contributed by atoms with E-state index in [0.717, 1.165) is 55.4 Å². The number of aromatic nitrogens is 2. The number of aromatic amines is 1. The van der Waals surface area contributed by atoms with Gasteiger partial charge >= 0.3 is 0 Å². The van der Waals surface area contributed by atoms with Crippen molar-refractivity contribution in [3.05, 3.63) is 62.3 Å². The van der Waals surface area contributed by atoms with Crippen LogP contribution in [0.3, 0.4) is 0 Å². The molecular formula is C27H33FN4O2S. The molecule has 3 aromatic rings. The molecule has 186 valence electrons. The summed E-state index contributed by atoms with van der Waals surface area (Å²) in [5, 5.41) is 3.77. The van der Waals surface area contributed by atoms with Crippen molar-refractivity contribution in [2.24, 2.45) is 11.8 Å². The van der Waals surface area contributed by atoms with Gasteiger partial charge in [0.05, 0.1) is 11.4 Å². The van der Waals surface area contributed by atoms with E-state index >= 15 is 0 Å². The fourth-order valence-electron chi connectivity index (χ4n) is 5.45. The molecule has 8 heteroatoms. The minimum Gasteiger partial charge on any atom is -0.356 e. The van der Waals surface area contributed by atoms with Gasteiger partial charge in [0, 0.05) is 17.3 Å². The maximum atomic E-state index is 13.8. The summed E-state index contributed by atoms with van der Waals surface area (Å²) in [5.41, 5.74) is 1.81. The Hall–Kier alpha value is -2.58. The van der Waals surface area contributed by atoms with Gasteiger partial charge < -0.3 is 10.3 Å². The van der Waals surface area contributed by atoms with Gasteiger partial charge in [-0.2, -0.15) is 0 Å². The van der Waals surface area contributed by atoms with Crippen LogP contribution in [0.1, 0.15) is 61.0 Å². The van der Waals surface area contributed by atoms with Crippen molar-refractivity contribution < 1.29 is 9.18 Å². The predicted molar refractivity (Wildman–Crippen MR) is 137 cm³/mol. The Balaban J connectivity index is 1.18. The summed E-state index contributed by atoms with van der Waals surface area (Å²) in [6.07, 6.45) is 5.13. The van der Waals surface area contributed by atoms with Gasteiger partial charge in [0.15, 0.2) is 0 Å². The SMILES string of the molecule is CC1CCc2c(sc3nc(C(C)N4CCC(C(=O)NCCc5ccccc5F)CC4)[nH]c(=O)c23)C1. The molecule has 0 bridgehead atoms. The normalized spacial score (nSPS) is 20.0. The number of benzene rings is 1. The van der Waals surface area contributed by atoms with Gasteiger partial charge in [-0.1, -0.05) is 25.1 Å². The number of carbonyl (C=O) groups is 1. The lowest BCUT2D eigenvalue weighted by atomic mass is 9.89. The number of nitrogens with one attached hydrogen (secondary N) is 2. The first-order chi connectivity index (χ1) is 16.9. The van der Waals surface area contributed by atoms with Crippen LogP contribution in [0.4, 0.5) is 4.39 Å². The van der Waals surface area contributed by atoms with E-state index in [4.69, 9.17) is 4.98 Å². The number of aryl methyl sites for hydroxylation is 1. The summed E-state index contributed by atoms with van der Waals surface area (Å²) in [6, 6.07) is 6.66. The minimum absolute atomic E-state index is 0.0183. The molecule has 2 atom stereocenters. The van der Waals surface area contributed by atoms with Gasteiger partial charge in [0.1, 0.15) is 16.5 Å². The van der Waals surface area contributed by atoms with Crippen molar-refractivity contribution in [2.45, 2.75) is 58.4 Å². The topological polar surface area (TPSA) is 78.1 Å².